The summed E-state index contributed by atoms with van der Waals surface area (Å²) in [6.07, 6.45) is 1.22. The van der Waals surface area contributed by atoms with Crippen LogP contribution >= 0.6 is 0 Å². The molecule has 0 unspecified atom stereocenters. The molecular formula is C17H18N2O2. The molecule has 108 valence electrons. The summed E-state index contributed by atoms with van der Waals surface area (Å²) in [5.74, 6) is 0.835. The van der Waals surface area contributed by atoms with Crippen LogP contribution in [0.3, 0.4) is 0 Å². The second-order valence-electron chi connectivity index (χ2n) is 5.18. The fraction of sp³-hybridized carbons (Fsp3) is 0.235. The molecular weight excluding hydrogens is 264 g/mol. The molecule has 0 saturated carbocycles. The zero-order valence-electron chi connectivity index (χ0n) is 12.0. The SMILES string of the molecule is COc1cccc(CC(=O)N2CCc3cccc(N)c32)c1. The van der Waals surface area contributed by atoms with Crippen molar-refractivity contribution < 1.29 is 9.53 Å². The Morgan fingerprint density at radius 1 is 1.29 bits per heavy atom. The molecule has 3 rings (SSSR count). The first-order valence-corrected chi connectivity index (χ1v) is 6.99. The molecule has 4 heteroatoms. The molecule has 1 heterocycles. The lowest BCUT2D eigenvalue weighted by Crippen LogP contribution is -2.30. The third kappa shape index (κ3) is 2.57. The van der Waals surface area contributed by atoms with E-state index in [1.807, 2.05) is 42.5 Å². The number of nitrogen functional groups attached to an aromatic ring is 1. The van der Waals surface area contributed by atoms with E-state index in [4.69, 9.17) is 10.5 Å². The van der Waals surface area contributed by atoms with Gasteiger partial charge in [0.05, 0.1) is 24.9 Å². The van der Waals surface area contributed by atoms with Gasteiger partial charge in [0.2, 0.25) is 5.91 Å². The number of benzene rings is 2. The number of rotatable bonds is 3. The molecule has 4 nitrogen and oxygen atoms in total. The highest BCUT2D eigenvalue weighted by Crippen LogP contribution is 2.34. The monoisotopic (exact) mass is 282 g/mol. The molecule has 0 fully saturated rings. The summed E-state index contributed by atoms with van der Waals surface area (Å²) >= 11 is 0. The van der Waals surface area contributed by atoms with E-state index in [0.29, 0.717) is 18.7 Å². The van der Waals surface area contributed by atoms with Crippen molar-refractivity contribution in [3.8, 4) is 5.75 Å². The lowest BCUT2D eigenvalue weighted by atomic mass is 10.1. The minimum Gasteiger partial charge on any atom is -0.497 e. The average molecular weight is 282 g/mol. The molecule has 1 aliphatic rings. The molecule has 0 atom stereocenters. The zero-order chi connectivity index (χ0) is 14.8. The smallest absolute Gasteiger partial charge is 0.231 e. The normalized spacial score (nSPS) is 13.1. The van der Waals surface area contributed by atoms with Gasteiger partial charge >= 0.3 is 0 Å². The Bertz CT molecular complexity index is 682. The first-order chi connectivity index (χ1) is 10.2. The fourth-order valence-electron chi connectivity index (χ4n) is 2.79. The van der Waals surface area contributed by atoms with Crippen molar-refractivity contribution >= 4 is 17.3 Å². The summed E-state index contributed by atoms with van der Waals surface area (Å²) in [4.78, 5) is 14.4. The van der Waals surface area contributed by atoms with Gasteiger partial charge < -0.3 is 15.4 Å². The number of carbonyl (C=O) groups excluding carboxylic acids is 1. The predicted molar refractivity (Wildman–Crippen MR) is 83.6 cm³/mol. The topological polar surface area (TPSA) is 55.6 Å². The maximum absolute atomic E-state index is 12.6. The lowest BCUT2D eigenvalue weighted by Gasteiger charge is -2.19. The van der Waals surface area contributed by atoms with Gasteiger partial charge in [0.1, 0.15) is 5.75 Å². The fourth-order valence-corrected chi connectivity index (χ4v) is 2.79. The van der Waals surface area contributed by atoms with Crippen molar-refractivity contribution in [3.63, 3.8) is 0 Å². The second-order valence-corrected chi connectivity index (χ2v) is 5.18. The van der Waals surface area contributed by atoms with Crippen molar-refractivity contribution in [2.24, 2.45) is 0 Å². The third-order valence-electron chi connectivity index (χ3n) is 3.82. The van der Waals surface area contributed by atoms with Crippen LogP contribution in [0.15, 0.2) is 42.5 Å². The van der Waals surface area contributed by atoms with E-state index >= 15 is 0 Å². The Hall–Kier alpha value is -2.49. The summed E-state index contributed by atoms with van der Waals surface area (Å²) in [5.41, 5.74) is 9.67. The van der Waals surface area contributed by atoms with E-state index in [2.05, 4.69) is 0 Å². The van der Waals surface area contributed by atoms with Gasteiger partial charge in [0.15, 0.2) is 0 Å². The number of para-hydroxylation sites is 1. The molecule has 0 radical (unpaired) electrons. The first kappa shape index (κ1) is 13.5. The van der Waals surface area contributed by atoms with Gasteiger partial charge in [-0.2, -0.15) is 0 Å². The van der Waals surface area contributed by atoms with Crippen molar-refractivity contribution in [1.82, 2.24) is 0 Å². The largest absolute Gasteiger partial charge is 0.497 e. The van der Waals surface area contributed by atoms with Crippen LogP contribution in [0.4, 0.5) is 11.4 Å². The number of hydrogen-bond donors (Lipinski definition) is 1. The number of hydrogen-bond acceptors (Lipinski definition) is 3. The number of methoxy groups -OCH3 is 1. The summed E-state index contributed by atoms with van der Waals surface area (Å²) in [6.45, 7) is 0.701. The minimum absolute atomic E-state index is 0.0694. The Balaban J connectivity index is 1.82. The number of nitrogens with zero attached hydrogens (tertiary/aromatic N) is 1. The summed E-state index contributed by atoms with van der Waals surface area (Å²) < 4.78 is 5.19. The van der Waals surface area contributed by atoms with Crippen LogP contribution < -0.4 is 15.4 Å². The van der Waals surface area contributed by atoms with Crippen LogP contribution in [0, 0.1) is 0 Å². The number of ether oxygens (including phenoxy) is 1. The van der Waals surface area contributed by atoms with Gasteiger partial charge in [0.25, 0.3) is 0 Å². The second kappa shape index (κ2) is 5.48. The molecule has 2 aromatic rings. The molecule has 1 amide bonds. The van der Waals surface area contributed by atoms with Crippen molar-refractivity contribution in [2.45, 2.75) is 12.8 Å². The highest BCUT2D eigenvalue weighted by atomic mass is 16.5. The van der Waals surface area contributed by atoms with Gasteiger partial charge in [-0.1, -0.05) is 24.3 Å². The van der Waals surface area contributed by atoms with Gasteiger partial charge in [0, 0.05) is 6.54 Å². The number of amides is 1. The quantitative estimate of drug-likeness (QED) is 0.880. The van der Waals surface area contributed by atoms with E-state index in [0.717, 1.165) is 29.0 Å². The minimum atomic E-state index is 0.0694. The maximum Gasteiger partial charge on any atom is 0.231 e. The van der Waals surface area contributed by atoms with Crippen LogP contribution in [-0.2, 0) is 17.6 Å². The summed E-state index contributed by atoms with van der Waals surface area (Å²) in [6, 6.07) is 13.4. The van der Waals surface area contributed by atoms with Crippen LogP contribution in [-0.4, -0.2) is 19.6 Å². The van der Waals surface area contributed by atoms with Crippen LogP contribution in [0.2, 0.25) is 0 Å². The van der Waals surface area contributed by atoms with Crippen LogP contribution in [0.1, 0.15) is 11.1 Å². The molecule has 2 aromatic carbocycles. The molecule has 21 heavy (non-hydrogen) atoms. The Labute approximate surface area is 124 Å². The Morgan fingerprint density at radius 3 is 2.90 bits per heavy atom. The van der Waals surface area contributed by atoms with Gasteiger partial charge in [-0.3, -0.25) is 4.79 Å². The van der Waals surface area contributed by atoms with Gasteiger partial charge in [-0.25, -0.2) is 0 Å². The molecule has 0 spiro atoms. The van der Waals surface area contributed by atoms with Gasteiger partial charge in [-0.05, 0) is 35.7 Å². The van der Waals surface area contributed by atoms with Crippen molar-refractivity contribution in [2.75, 3.05) is 24.3 Å². The average Bonchev–Trinajstić information content (AvgIpc) is 2.93. The molecule has 2 N–H and O–H groups in total. The third-order valence-corrected chi connectivity index (χ3v) is 3.82. The van der Waals surface area contributed by atoms with E-state index in [1.165, 1.54) is 0 Å². The maximum atomic E-state index is 12.6. The molecule has 0 aliphatic carbocycles. The number of nitrogens with two attached hydrogens (primary N) is 1. The molecule has 0 aromatic heterocycles. The first-order valence-electron chi connectivity index (χ1n) is 6.99. The lowest BCUT2D eigenvalue weighted by molar-refractivity contribution is -0.117. The van der Waals surface area contributed by atoms with E-state index < -0.39 is 0 Å². The number of anilines is 2. The highest BCUT2D eigenvalue weighted by Gasteiger charge is 2.26. The predicted octanol–water partition coefficient (Wildman–Crippen LogP) is 2.41. The van der Waals surface area contributed by atoms with Crippen LogP contribution in [0.5, 0.6) is 5.75 Å². The van der Waals surface area contributed by atoms with E-state index in [-0.39, 0.29) is 5.91 Å². The number of carbonyl (C=O) groups is 1. The van der Waals surface area contributed by atoms with Gasteiger partial charge in [-0.15, -0.1) is 0 Å². The highest BCUT2D eigenvalue weighted by molar-refractivity contribution is 5.99. The molecule has 1 aliphatic heterocycles. The summed E-state index contributed by atoms with van der Waals surface area (Å²) in [5, 5.41) is 0. The summed E-state index contributed by atoms with van der Waals surface area (Å²) in [7, 11) is 1.62. The molecule has 0 bridgehead atoms. The standard InChI is InChI=1S/C17H18N2O2/c1-21-14-6-2-4-12(10-14)11-16(20)19-9-8-13-5-3-7-15(18)17(13)19/h2-7,10H,8-9,11,18H2,1H3. The van der Waals surface area contributed by atoms with Crippen LogP contribution in [0.25, 0.3) is 0 Å². The van der Waals surface area contributed by atoms with Crippen molar-refractivity contribution in [1.29, 1.82) is 0 Å². The number of fused-ring (bicyclic) bond motifs is 1. The Morgan fingerprint density at radius 2 is 2.10 bits per heavy atom. The zero-order valence-corrected chi connectivity index (χ0v) is 12.0. The van der Waals surface area contributed by atoms with Crippen molar-refractivity contribution in [3.05, 3.63) is 53.6 Å². The van der Waals surface area contributed by atoms with E-state index in [9.17, 15) is 4.79 Å². The molecule has 0 saturated heterocycles. The van der Waals surface area contributed by atoms with E-state index in [1.54, 1.807) is 12.0 Å². The Kier molecular flexibility index (Phi) is 3.52.